The van der Waals surface area contributed by atoms with Crippen molar-refractivity contribution in [2.24, 2.45) is 0 Å². The van der Waals surface area contributed by atoms with Gasteiger partial charge in [0.05, 0.1) is 24.4 Å². The number of nitriles is 1. The quantitative estimate of drug-likeness (QED) is 0.403. The number of rotatable bonds is 8. The summed E-state index contributed by atoms with van der Waals surface area (Å²) in [5, 5.41) is 19.5. The van der Waals surface area contributed by atoms with Crippen LogP contribution in [-0.2, 0) is 12.8 Å². The van der Waals surface area contributed by atoms with Crippen LogP contribution in [0, 0.1) is 24.2 Å². The third-order valence-corrected chi connectivity index (χ3v) is 8.32. The number of halogens is 1. The topological polar surface area (TPSA) is 103 Å². The Balaban J connectivity index is 1.50. The lowest BCUT2D eigenvalue weighted by Crippen LogP contribution is -2.40. The number of carbonyl (C=O) groups is 1. The molecule has 4 heterocycles. The van der Waals surface area contributed by atoms with Crippen molar-refractivity contribution >= 4 is 5.91 Å². The molecule has 3 aromatic rings. The Morgan fingerprint density at radius 3 is 2.71 bits per heavy atom. The van der Waals surface area contributed by atoms with E-state index in [2.05, 4.69) is 33.9 Å². The molecule has 214 valence electrons. The Hall–Kier alpha value is -3.87. The number of nitrogens with zero attached hydrogens (tertiary/aromatic N) is 5. The summed E-state index contributed by atoms with van der Waals surface area (Å²) in [7, 11) is 0. The molecule has 2 aromatic heterocycles. The predicted octanol–water partition coefficient (Wildman–Crippen LogP) is 4.62. The summed E-state index contributed by atoms with van der Waals surface area (Å²) in [4.78, 5) is 26.7. The highest BCUT2D eigenvalue weighted by molar-refractivity contribution is 5.99. The van der Waals surface area contributed by atoms with Gasteiger partial charge in [-0.05, 0) is 81.8 Å². The van der Waals surface area contributed by atoms with Gasteiger partial charge < -0.3 is 14.7 Å². The van der Waals surface area contributed by atoms with Crippen molar-refractivity contribution in [1.82, 2.24) is 19.8 Å². The number of amides is 1. The first-order valence-corrected chi connectivity index (χ1v) is 14.2. The van der Waals surface area contributed by atoms with Crippen molar-refractivity contribution in [3.63, 3.8) is 0 Å². The average Bonchev–Trinajstić information content (AvgIpc) is 3.28. The Morgan fingerprint density at radius 2 is 2.02 bits per heavy atom. The number of aliphatic hydroxyl groups excluding tert-OH is 1. The maximum absolute atomic E-state index is 14.1. The van der Waals surface area contributed by atoms with Crippen LogP contribution in [0.5, 0.6) is 5.75 Å². The van der Waals surface area contributed by atoms with Gasteiger partial charge in [-0.1, -0.05) is 6.07 Å². The number of likely N-dealkylation sites (tertiary alicyclic amines) is 1. The molecule has 0 radical (unpaired) electrons. The van der Waals surface area contributed by atoms with Gasteiger partial charge >= 0.3 is 0 Å². The third-order valence-electron chi connectivity index (χ3n) is 8.32. The van der Waals surface area contributed by atoms with Crippen molar-refractivity contribution in [3.05, 3.63) is 76.1 Å². The maximum atomic E-state index is 14.1. The number of fused-ring (bicyclic) bond motifs is 1. The van der Waals surface area contributed by atoms with Crippen LogP contribution in [0.25, 0.3) is 11.1 Å². The molecule has 2 aliphatic rings. The molecule has 8 nitrogen and oxygen atoms in total. The SMILES string of the molecule is CCOc1cc([C@H](C)N2CCc3c(cc(CCN4C[C@@H](O)C[C@@H]4C)cc3-c3ccc(F)nc3C)C2=O)ncc1C#N. The van der Waals surface area contributed by atoms with Crippen LogP contribution >= 0.6 is 0 Å². The number of ether oxygens (including phenoxy) is 1. The lowest BCUT2D eigenvalue weighted by Gasteiger charge is -2.35. The fraction of sp³-hybridized carbons (Fsp3) is 0.438. The standard InChI is InChI=1S/C32H36FN5O3/c1-5-41-30-15-29(35-17-23(30)16-34)21(4)38-11-9-26-27(25-6-7-31(33)36-20(25)3)13-22(14-28(26)32(38)40)8-10-37-18-24(39)12-19(37)2/h6-7,13-15,17,19,21,24,39H,5,8-12,18H2,1-4H3/t19-,21-,24-/m0/s1. The first kappa shape index (κ1) is 28.7. The highest BCUT2D eigenvalue weighted by atomic mass is 19.1. The lowest BCUT2D eigenvalue weighted by molar-refractivity contribution is 0.0669. The molecule has 1 fully saturated rings. The van der Waals surface area contributed by atoms with Crippen LogP contribution < -0.4 is 4.74 Å². The molecule has 41 heavy (non-hydrogen) atoms. The molecule has 0 unspecified atom stereocenters. The highest BCUT2D eigenvalue weighted by Gasteiger charge is 2.33. The summed E-state index contributed by atoms with van der Waals surface area (Å²) >= 11 is 0. The number of hydrogen-bond donors (Lipinski definition) is 1. The normalized spacial score (nSPS) is 19.6. The Morgan fingerprint density at radius 1 is 1.24 bits per heavy atom. The van der Waals surface area contributed by atoms with Gasteiger partial charge in [0.25, 0.3) is 5.91 Å². The summed E-state index contributed by atoms with van der Waals surface area (Å²) < 4.78 is 19.6. The maximum Gasteiger partial charge on any atom is 0.254 e. The summed E-state index contributed by atoms with van der Waals surface area (Å²) in [6.45, 7) is 10.0. The van der Waals surface area contributed by atoms with Crippen molar-refractivity contribution in [3.8, 4) is 22.9 Å². The summed E-state index contributed by atoms with van der Waals surface area (Å²) in [6.07, 6.45) is 3.28. The van der Waals surface area contributed by atoms with Gasteiger partial charge in [0.1, 0.15) is 17.4 Å². The molecule has 0 aliphatic carbocycles. The fourth-order valence-corrected chi connectivity index (χ4v) is 6.10. The van der Waals surface area contributed by atoms with Gasteiger partial charge in [-0.3, -0.25) is 14.7 Å². The molecular formula is C32H36FN5O3. The van der Waals surface area contributed by atoms with Gasteiger partial charge in [0.15, 0.2) is 0 Å². The Bertz CT molecular complexity index is 1500. The number of pyridine rings is 2. The number of carbonyl (C=O) groups excluding carboxylic acids is 1. The zero-order valence-corrected chi connectivity index (χ0v) is 24.0. The monoisotopic (exact) mass is 557 g/mol. The van der Waals surface area contributed by atoms with Gasteiger partial charge in [-0.2, -0.15) is 9.65 Å². The number of β-amino-alcohol motifs (C(OH)–C–C–N with tert-alkyl or cyclic N) is 1. The van der Waals surface area contributed by atoms with E-state index in [4.69, 9.17) is 4.74 Å². The first-order chi connectivity index (χ1) is 19.7. The first-order valence-electron chi connectivity index (χ1n) is 14.2. The predicted molar refractivity (Wildman–Crippen MR) is 153 cm³/mol. The van der Waals surface area contributed by atoms with Crippen LogP contribution in [0.3, 0.4) is 0 Å². The number of aliphatic hydroxyl groups is 1. The molecule has 1 saturated heterocycles. The van der Waals surface area contributed by atoms with Crippen LogP contribution in [-0.4, -0.2) is 69.2 Å². The third kappa shape index (κ3) is 5.81. The van der Waals surface area contributed by atoms with E-state index in [1.165, 1.54) is 12.3 Å². The van der Waals surface area contributed by atoms with E-state index in [1.807, 2.05) is 24.8 Å². The van der Waals surface area contributed by atoms with Crippen molar-refractivity contribution in [2.75, 3.05) is 26.2 Å². The molecule has 0 bridgehead atoms. The smallest absolute Gasteiger partial charge is 0.254 e. The summed E-state index contributed by atoms with van der Waals surface area (Å²) in [5.74, 6) is -0.166. The van der Waals surface area contributed by atoms with Crippen LogP contribution in [0.4, 0.5) is 4.39 Å². The minimum Gasteiger partial charge on any atom is -0.492 e. The molecule has 0 spiro atoms. The fourth-order valence-electron chi connectivity index (χ4n) is 6.10. The van der Waals surface area contributed by atoms with Gasteiger partial charge in [-0.25, -0.2) is 4.98 Å². The van der Waals surface area contributed by atoms with Crippen LogP contribution in [0.15, 0.2) is 36.5 Å². The second-order valence-electron chi connectivity index (χ2n) is 11.0. The van der Waals surface area contributed by atoms with E-state index in [9.17, 15) is 19.6 Å². The molecule has 1 amide bonds. The van der Waals surface area contributed by atoms with E-state index in [1.54, 1.807) is 19.1 Å². The minimum atomic E-state index is -0.532. The van der Waals surface area contributed by atoms with Gasteiger partial charge in [0.2, 0.25) is 5.95 Å². The molecule has 2 aliphatic heterocycles. The van der Waals surface area contributed by atoms with E-state index in [0.29, 0.717) is 66.8 Å². The van der Waals surface area contributed by atoms with Gasteiger partial charge in [-0.15, -0.1) is 0 Å². The average molecular weight is 558 g/mol. The molecular weight excluding hydrogens is 521 g/mol. The molecule has 1 N–H and O–H groups in total. The van der Waals surface area contributed by atoms with Crippen molar-refractivity contribution < 1.29 is 19.0 Å². The second kappa shape index (κ2) is 11.9. The molecule has 3 atom stereocenters. The van der Waals surface area contributed by atoms with Crippen molar-refractivity contribution in [2.45, 2.75) is 65.1 Å². The zero-order valence-electron chi connectivity index (χ0n) is 24.0. The number of aryl methyl sites for hydroxylation is 1. The van der Waals surface area contributed by atoms with Gasteiger partial charge in [0, 0.05) is 54.8 Å². The summed E-state index contributed by atoms with van der Waals surface area (Å²) in [5.41, 5.74) is 5.89. The molecule has 1 aromatic carbocycles. The zero-order chi connectivity index (χ0) is 29.3. The Labute approximate surface area is 240 Å². The largest absolute Gasteiger partial charge is 0.492 e. The van der Waals surface area contributed by atoms with E-state index >= 15 is 0 Å². The van der Waals surface area contributed by atoms with Crippen molar-refractivity contribution in [1.29, 1.82) is 5.26 Å². The minimum absolute atomic E-state index is 0.0938. The highest BCUT2D eigenvalue weighted by Crippen LogP contribution is 2.36. The number of hydrogen-bond acceptors (Lipinski definition) is 7. The van der Waals surface area contributed by atoms with Crippen LogP contribution in [0.1, 0.15) is 71.7 Å². The number of benzene rings is 1. The second-order valence-corrected chi connectivity index (χ2v) is 11.0. The van der Waals surface area contributed by atoms with E-state index in [-0.39, 0.29) is 18.1 Å². The Kier molecular flexibility index (Phi) is 8.34. The number of aromatic nitrogens is 2. The van der Waals surface area contributed by atoms with Crippen LogP contribution in [0.2, 0.25) is 0 Å². The molecule has 0 saturated carbocycles. The molecule has 9 heteroatoms. The van der Waals surface area contributed by atoms with E-state index in [0.717, 1.165) is 35.2 Å². The van der Waals surface area contributed by atoms with E-state index < -0.39 is 5.95 Å². The lowest BCUT2D eigenvalue weighted by atomic mass is 9.86. The summed E-state index contributed by atoms with van der Waals surface area (Å²) in [6, 6.07) is 11.0. The molecule has 5 rings (SSSR count).